The van der Waals surface area contributed by atoms with Crippen molar-refractivity contribution in [3.05, 3.63) is 194 Å². The highest BCUT2D eigenvalue weighted by Crippen LogP contribution is 2.46. The molecule has 15 aromatic rings. The second-order valence-electron chi connectivity index (χ2n) is 17.1. The molecule has 0 spiro atoms. The van der Waals surface area contributed by atoms with E-state index >= 15 is 0 Å². The first-order valence-corrected chi connectivity index (χ1v) is 21.4. The summed E-state index contributed by atoms with van der Waals surface area (Å²) in [4.78, 5) is 0. The molecule has 0 atom stereocenters. The van der Waals surface area contributed by atoms with Crippen LogP contribution in [-0.2, 0) is 0 Å². The monoisotopic (exact) mass is 784 g/mol. The summed E-state index contributed by atoms with van der Waals surface area (Å²) >= 11 is 0. The van der Waals surface area contributed by atoms with Crippen LogP contribution in [0.5, 0.6) is 0 Å². The standard InChI is InChI=1S/C60H32O2/c1-2-11-39-33(8-1)18-23-48-54-31-50-42-22-19-35(28-49(42)40-12-3-4-13-41(40)51(50)32-57(54)62-60(39)48)36-20-26-55-52(29-36)53-30-37(21-27-56(53)61-55)38-24-25-47-45-15-6-10-34-9-5-14-44(58(34)45)46-17-7-16-43(38)59(46)47/h1-32H. The van der Waals surface area contributed by atoms with Gasteiger partial charge in [-0.1, -0.05) is 146 Å². The number of rotatable bonds is 2. The predicted molar refractivity (Wildman–Crippen MR) is 263 cm³/mol. The SMILES string of the molecule is c1ccc2c(c1)ccc1c3cc4c5ccc(-c6ccc7oc8ccc(-c9ccc%10c%11cccc%12cccc(c%13cccc9c%13%10)c%12%11)cc8c7c6)cc5c5ccccc5c4cc3oc21. The first kappa shape index (κ1) is 32.6. The normalized spacial score (nSPS) is 12.5. The fourth-order valence-electron chi connectivity index (χ4n) is 11.2. The van der Waals surface area contributed by atoms with Crippen molar-refractivity contribution in [2.75, 3.05) is 0 Å². The second-order valence-corrected chi connectivity index (χ2v) is 17.1. The molecule has 2 heterocycles. The molecule has 62 heavy (non-hydrogen) atoms. The second kappa shape index (κ2) is 11.8. The van der Waals surface area contributed by atoms with Crippen molar-refractivity contribution in [1.82, 2.24) is 0 Å². The number of furan rings is 2. The summed E-state index contributed by atoms with van der Waals surface area (Å²) in [6.07, 6.45) is 0. The molecule has 0 N–H and O–H groups in total. The Labute approximate surface area is 353 Å². The third kappa shape index (κ3) is 4.28. The van der Waals surface area contributed by atoms with E-state index in [2.05, 4.69) is 194 Å². The zero-order chi connectivity index (χ0) is 40.2. The van der Waals surface area contributed by atoms with Crippen molar-refractivity contribution < 1.29 is 8.83 Å². The van der Waals surface area contributed by atoms with Gasteiger partial charge in [0.25, 0.3) is 0 Å². The van der Waals surface area contributed by atoms with Gasteiger partial charge in [-0.05, 0) is 152 Å². The van der Waals surface area contributed by atoms with Crippen LogP contribution in [0.1, 0.15) is 0 Å². The van der Waals surface area contributed by atoms with Gasteiger partial charge in [-0.2, -0.15) is 0 Å². The maximum Gasteiger partial charge on any atom is 0.143 e. The Kier molecular flexibility index (Phi) is 6.18. The summed E-state index contributed by atoms with van der Waals surface area (Å²) < 4.78 is 13.2. The Morgan fingerprint density at radius 2 is 0.726 bits per heavy atom. The lowest BCUT2D eigenvalue weighted by Crippen LogP contribution is -1.89. The van der Waals surface area contributed by atoms with Crippen molar-refractivity contribution in [2.24, 2.45) is 0 Å². The van der Waals surface area contributed by atoms with Crippen LogP contribution in [0.25, 0.3) is 152 Å². The van der Waals surface area contributed by atoms with E-state index in [0.717, 1.165) is 54.8 Å². The minimum absolute atomic E-state index is 0.892. The zero-order valence-electron chi connectivity index (χ0n) is 33.3. The third-order valence-corrected chi connectivity index (χ3v) is 14.0. The fourth-order valence-corrected chi connectivity index (χ4v) is 11.2. The van der Waals surface area contributed by atoms with Crippen LogP contribution < -0.4 is 0 Å². The summed E-state index contributed by atoms with van der Waals surface area (Å²) in [6.45, 7) is 0. The van der Waals surface area contributed by atoms with Crippen molar-refractivity contribution in [2.45, 2.75) is 0 Å². The zero-order valence-corrected chi connectivity index (χ0v) is 33.3. The molecule has 0 radical (unpaired) electrons. The number of fused-ring (bicyclic) bond motifs is 16. The Morgan fingerprint density at radius 1 is 0.226 bits per heavy atom. The average Bonchev–Trinajstić information content (AvgIpc) is 3.90. The van der Waals surface area contributed by atoms with E-state index in [4.69, 9.17) is 8.83 Å². The lowest BCUT2D eigenvalue weighted by atomic mass is 9.87. The summed E-state index contributed by atoms with van der Waals surface area (Å²) in [7, 11) is 0. The molecule has 0 aliphatic heterocycles. The Bertz CT molecular complexity index is 4400. The number of benzene rings is 13. The van der Waals surface area contributed by atoms with Gasteiger partial charge in [0.1, 0.15) is 22.3 Å². The molecule has 0 fully saturated rings. The van der Waals surface area contributed by atoms with Gasteiger partial charge in [0, 0.05) is 26.9 Å². The van der Waals surface area contributed by atoms with E-state index in [9.17, 15) is 0 Å². The van der Waals surface area contributed by atoms with Gasteiger partial charge >= 0.3 is 0 Å². The molecule has 2 heteroatoms. The molecule has 13 aromatic carbocycles. The van der Waals surface area contributed by atoms with Gasteiger partial charge in [-0.25, -0.2) is 0 Å². The summed E-state index contributed by atoms with van der Waals surface area (Å²) in [6, 6.07) is 71.4. The molecule has 15 rings (SSSR count). The molecule has 0 aliphatic carbocycles. The fraction of sp³-hybridized carbons (Fsp3) is 0. The van der Waals surface area contributed by atoms with Crippen LogP contribution in [0, 0.1) is 0 Å². The van der Waals surface area contributed by atoms with Crippen LogP contribution in [0.15, 0.2) is 203 Å². The Balaban J connectivity index is 0.907. The lowest BCUT2D eigenvalue weighted by Gasteiger charge is -2.16. The molecular weight excluding hydrogens is 753 g/mol. The Morgan fingerprint density at radius 3 is 1.52 bits per heavy atom. The summed E-state index contributed by atoms with van der Waals surface area (Å²) in [5.74, 6) is 0. The van der Waals surface area contributed by atoms with E-state index in [0.29, 0.717) is 0 Å². The summed E-state index contributed by atoms with van der Waals surface area (Å²) in [5, 5.41) is 24.7. The van der Waals surface area contributed by atoms with Crippen LogP contribution in [-0.4, -0.2) is 0 Å². The van der Waals surface area contributed by atoms with Crippen molar-refractivity contribution in [1.29, 1.82) is 0 Å². The van der Waals surface area contributed by atoms with Crippen LogP contribution >= 0.6 is 0 Å². The number of hydrogen-bond acceptors (Lipinski definition) is 2. The van der Waals surface area contributed by atoms with Crippen molar-refractivity contribution in [3.63, 3.8) is 0 Å². The van der Waals surface area contributed by atoms with Gasteiger partial charge in [0.15, 0.2) is 0 Å². The molecule has 0 saturated carbocycles. The van der Waals surface area contributed by atoms with Crippen LogP contribution in [0.4, 0.5) is 0 Å². The maximum absolute atomic E-state index is 6.65. The molecule has 0 saturated heterocycles. The highest BCUT2D eigenvalue weighted by Gasteiger charge is 2.19. The minimum atomic E-state index is 0.892. The molecule has 2 aromatic heterocycles. The first-order chi connectivity index (χ1) is 30.7. The molecule has 2 nitrogen and oxygen atoms in total. The molecule has 0 aliphatic rings. The van der Waals surface area contributed by atoms with Crippen molar-refractivity contribution in [3.8, 4) is 22.3 Å². The molecule has 0 amide bonds. The highest BCUT2D eigenvalue weighted by atomic mass is 16.3. The van der Waals surface area contributed by atoms with Gasteiger partial charge in [0.2, 0.25) is 0 Å². The molecule has 284 valence electrons. The highest BCUT2D eigenvalue weighted by molar-refractivity contribution is 6.34. The quantitative estimate of drug-likeness (QED) is 0.129. The van der Waals surface area contributed by atoms with Gasteiger partial charge < -0.3 is 8.83 Å². The van der Waals surface area contributed by atoms with Crippen molar-refractivity contribution >= 4 is 130 Å². The van der Waals surface area contributed by atoms with E-state index in [1.165, 1.54) is 97.5 Å². The van der Waals surface area contributed by atoms with Crippen LogP contribution in [0.2, 0.25) is 0 Å². The van der Waals surface area contributed by atoms with Gasteiger partial charge in [0.05, 0.1) is 0 Å². The van der Waals surface area contributed by atoms with E-state index in [1.54, 1.807) is 0 Å². The smallest absolute Gasteiger partial charge is 0.143 e. The van der Waals surface area contributed by atoms with Gasteiger partial charge in [-0.3, -0.25) is 0 Å². The summed E-state index contributed by atoms with van der Waals surface area (Å²) in [5.41, 5.74) is 8.40. The molecular formula is C60H32O2. The minimum Gasteiger partial charge on any atom is -0.456 e. The molecule has 0 bridgehead atoms. The van der Waals surface area contributed by atoms with Gasteiger partial charge in [-0.15, -0.1) is 0 Å². The van der Waals surface area contributed by atoms with E-state index in [-0.39, 0.29) is 0 Å². The number of hydrogen-bond donors (Lipinski definition) is 0. The topological polar surface area (TPSA) is 26.3 Å². The lowest BCUT2D eigenvalue weighted by molar-refractivity contribution is 0.669. The first-order valence-electron chi connectivity index (χ1n) is 21.4. The van der Waals surface area contributed by atoms with E-state index in [1.807, 2.05) is 0 Å². The van der Waals surface area contributed by atoms with Crippen LogP contribution in [0.3, 0.4) is 0 Å². The van der Waals surface area contributed by atoms with E-state index < -0.39 is 0 Å². The molecule has 0 unspecified atom stereocenters. The Hall–Kier alpha value is -8.20. The maximum atomic E-state index is 6.65. The third-order valence-electron chi connectivity index (χ3n) is 14.0. The predicted octanol–water partition coefficient (Wildman–Crippen LogP) is 17.5. The largest absolute Gasteiger partial charge is 0.456 e. The average molecular weight is 785 g/mol.